The summed E-state index contributed by atoms with van der Waals surface area (Å²) in [5.74, 6) is 0.332. The monoisotopic (exact) mass is 223 g/mol. The molecule has 0 bridgehead atoms. The minimum absolute atomic E-state index is 0.0160. The molecule has 0 aromatic carbocycles. The van der Waals surface area contributed by atoms with Crippen molar-refractivity contribution < 1.29 is 9.53 Å². The van der Waals surface area contributed by atoms with Gasteiger partial charge in [-0.25, -0.2) is 4.79 Å². The van der Waals surface area contributed by atoms with Gasteiger partial charge in [0.2, 0.25) is 5.95 Å². The molecule has 2 aliphatic heterocycles. The third-order valence-electron chi connectivity index (χ3n) is 2.62. The highest BCUT2D eigenvalue weighted by Crippen LogP contribution is 2.29. The van der Waals surface area contributed by atoms with E-state index in [-0.39, 0.29) is 24.3 Å². The van der Waals surface area contributed by atoms with E-state index >= 15 is 0 Å². The maximum atomic E-state index is 11.7. The van der Waals surface area contributed by atoms with Crippen molar-refractivity contribution in [3.8, 4) is 0 Å². The average Bonchev–Trinajstić information content (AvgIpc) is 2.60. The molecule has 0 unspecified atom stereocenters. The molecule has 1 aromatic heterocycles. The molecule has 8 nitrogen and oxygen atoms in total. The Balaban J connectivity index is 2.21. The van der Waals surface area contributed by atoms with Gasteiger partial charge in [0.15, 0.2) is 11.5 Å². The number of fused-ring (bicyclic) bond motifs is 3. The first kappa shape index (κ1) is 9.01. The fourth-order valence-electron chi connectivity index (χ4n) is 1.93. The summed E-state index contributed by atoms with van der Waals surface area (Å²) in [6.07, 6.45) is -0.523. The molecule has 0 aliphatic carbocycles. The van der Waals surface area contributed by atoms with Crippen LogP contribution in [0.5, 0.6) is 0 Å². The first-order valence-corrected chi connectivity index (χ1v) is 4.76. The maximum absolute atomic E-state index is 11.7. The number of aromatic nitrogens is 2. The molecule has 8 heteroatoms. The molecule has 3 rings (SSSR count). The Morgan fingerprint density at radius 1 is 1.50 bits per heavy atom. The van der Waals surface area contributed by atoms with Crippen molar-refractivity contribution in [2.45, 2.75) is 6.04 Å². The van der Waals surface area contributed by atoms with E-state index in [4.69, 9.17) is 10.5 Å². The number of H-pyrrole nitrogens is 1. The zero-order valence-corrected chi connectivity index (χ0v) is 8.19. The van der Waals surface area contributed by atoms with Crippen LogP contribution in [0.3, 0.4) is 0 Å². The summed E-state index contributed by atoms with van der Waals surface area (Å²) >= 11 is 0. The minimum Gasteiger partial charge on any atom is -0.447 e. The standard InChI is InChI=1S/C8H9N5O3/c9-7-11-5-4(6(14)12-7)13-3(1-10-5)2-16-8(13)15/h3H,1-2H2,(H4,9,10,11,12,14)/t3-/m1/s1. The van der Waals surface area contributed by atoms with E-state index in [2.05, 4.69) is 15.3 Å². The number of aromatic amines is 1. The summed E-state index contributed by atoms with van der Waals surface area (Å²) < 4.78 is 4.88. The van der Waals surface area contributed by atoms with Crippen molar-refractivity contribution in [1.29, 1.82) is 0 Å². The molecule has 1 saturated heterocycles. The number of ether oxygens (including phenoxy) is 1. The molecule has 1 aromatic rings. The fraction of sp³-hybridized carbons (Fsp3) is 0.375. The van der Waals surface area contributed by atoms with Crippen LogP contribution in [0.15, 0.2) is 4.79 Å². The van der Waals surface area contributed by atoms with Crippen LogP contribution in [0, 0.1) is 0 Å². The highest BCUT2D eigenvalue weighted by molar-refractivity contribution is 5.94. The third kappa shape index (κ3) is 1.06. The van der Waals surface area contributed by atoms with E-state index < -0.39 is 11.7 Å². The number of nitrogens with two attached hydrogens (primary N) is 1. The smallest absolute Gasteiger partial charge is 0.415 e. The number of amides is 1. The first-order chi connectivity index (χ1) is 7.66. The number of carbonyl (C=O) groups excluding carboxylic acids is 1. The van der Waals surface area contributed by atoms with Gasteiger partial charge in [-0.15, -0.1) is 0 Å². The van der Waals surface area contributed by atoms with Crippen molar-refractivity contribution >= 4 is 23.5 Å². The van der Waals surface area contributed by atoms with Crippen molar-refractivity contribution in [3.05, 3.63) is 10.4 Å². The van der Waals surface area contributed by atoms with Crippen LogP contribution >= 0.6 is 0 Å². The van der Waals surface area contributed by atoms with Gasteiger partial charge in [0.1, 0.15) is 6.61 Å². The van der Waals surface area contributed by atoms with Crippen LogP contribution in [0.25, 0.3) is 0 Å². The van der Waals surface area contributed by atoms with Crippen LogP contribution < -0.4 is 21.5 Å². The zero-order valence-electron chi connectivity index (χ0n) is 8.19. The zero-order chi connectivity index (χ0) is 11.3. The minimum atomic E-state index is -0.523. The van der Waals surface area contributed by atoms with E-state index in [1.807, 2.05) is 0 Å². The number of rotatable bonds is 0. The molecule has 2 aliphatic rings. The summed E-state index contributed by atoms with van der Waals surface area (Å²) in [6.45, 7) is 0.768. The molecule has 0 radical (unpaired) electrons. The second-order valence-corrected chi connectivity index (χ2v) is 3.63. The Morgan fingerprint density at radius 3 is 3.12 bits per heavy atom. The summed E-state index contributed by atoms with van der Waals surface area (Å²) in [7, 11) is 0. The Kier molecular flexibility index (Phi) is 1.62. The van der Waals surface area contributed by atoms with E-state index in [0.29, 0.717) is 12.4 Å². The molecule has 0 spiro atoms. The molecule has 16 heavy (non-hydrogen) atoms. The molecular weight excluding hydrogens is 214 g/mol. The highest BCUT2D eigenvalue weighted by atomic mass is 16.6. The number of nitrogens with one attached hydrogen (secondary N) is 2. The van der Waals surface area contributed by atoms with Crippen molar-refractivity contribution in [2.75, 3.05) is 29.1 Å². The molecule has 3 heterocycles. The van der Waals surface area contributed by atoms with Gasteiger partial charge in [-0.3, -0.25) is 14.7 Å². The van der Waals surface area contributed by atoms with Crippen LogP contribution in [0.4, 0.5) is 22.2 Å². The molecular formula is C8H9N5O3. The van der Waals surface area contributed by atoms with Gasteiger partial charge >= 0.3 is 6.09 Å². The number of hydrogen-bond acceptors (Lipinski definition) is 6. The molecule has 1 atom stereocenters. The van der Waals surface area contributed by atoms with Gasteiger partial charge in [-0.2, -0.15) is 4.98 Å². The van der Waals surface area contributed by atoms with Crippen molar-refractivity contribution in [3.63, 3.8) is 0 Å². The summed E-state index contributed by atoms with van der Waals surface area (Å²) in [5, 5.41) is 2.95. The lowest BCUT2D eigenvalue weighted by molar-refractivity contribution is 0.179. The van der Waals surface area contributed by atoms with E-state index in [1.165, 1.54) is 4.90 Å². The normalized spacial score (nSPS) is 22.1. The van der Waals surface area contributed by atoms with Crippen LogP contribution in [0.2, 0.25) is 0 Å². The van der Waals surface area contributed by atoms with Gasteiger partial charge < -0.3 is 15.8 Å². The van der Waals surface area contributed by atoms with Crippen molar-refractivity contribution in [2.24, 2.45) is 0 Å². The Labute approximate surface area is 89.4 Å². The number of nitrogens with zero attached hydrogens (tertiary/aromatic N) is 2. The van der Waals surface area contributed by atoms with Gasteiger partial charge in [0.25, 0.3) is 5.56 Å². The second kappa shape index (κ2) is 2.87. The maximum Gasteiger partial charge on any atom is 0.415 e. The van der Waals surface area contributed by atoms with E-state index in [0.717, 1.165) is 0 Å². The lowest BCUT2D eigenvalue weighted by Gasteiger charge is -2.28. The lowest BCUT2D eigenvalue weighted by Crippen LogP contribution is -2.45. The molecule has 84 valence electrons. The number of hydrogen-bond donors (Lipinski definition) is 3. The van der Waals surface area contributed by atoms with Gasteiger partial charge in [0, 0.05) is 6.54 Å². The number of cyclic esters (lactones) is 1. The quantitative estimate of drug-likeness (QED) is 0.525. The Bertz CT molecular complexity index is 525. The summed E-state index contributed by atoms with van der Waals surface area (Å²) in [6, 6.07) is -0.161. The molecule has 1 amide bonds. The average molecular weight is 223 g/mol. The number of anilines is 3. The highest BCUT2D eigenvalue weighted by Gasteiger charge is 2.40. The predicted molar refractivity (Wildman–Crippen MR) is 55.4 cm³/mol. The predicted octanol–water partition coefficient (Wildman–Crippen LogP) is -0.897. The third-order valence-corrected chi connectivity index (χ3v) is 2.62. The number of carbonyl (C=O) groups is 1. The molecule has 0 saturated carbocycles. The topological polar surface area (TPSA) is 113 Å². The fourth-order valence-corrected chi connectivity index (χ4v) is 1.93. The summed E-state index contributed by atoms with van der Waals surface area (Å²) in [5.41, 5.74) is 5.14. The van der Waals surface area contributed by atoms with Gasteiger partial charge in [-0.1, -0.05) is 0 Å². The number of nitrogen functional groups attached to an aromatic ring is 1. The Morgan fingerprint density at radius 2 is 2.31 bits per heavy atom. The molecule has 4 N–H and O–H groups in total. The first-order valence-electron chi connectivity index (χ1n) is 4.76. The second-order valence-electron chi connectivity index (χ2n) is 3.63. The van der Waals surface area contributed by atoms with Gasteiger partial charge in [-0.05, 0) is 0 Å². The Hall–Kier alpha value is -2.25. The van der Waals surface area contributed by atoms with Crippen molar-refractivity contribution in [1.82, 2.24) is 9.97 Å². The summed E-state index contributed by atoms with van der Waals surface area (Å²) in [4.78, 5) is 30.8. The molecule has 1 fully saturated rings. The van der Waals surface area contributed by atoms with Crippen LogP contribution in [0.1, 0.15) is 0 Å². The van der Waals surface area contributed by atoms with E-state index in [1.54, 1.807) is 0 Å². The lowest BCUT2D eigenvalue weighted by atomic mass is 10.2. The van der Waals surface area contributed by atoms with E-state index in [9.17, 15) is 9.59 Å². The van der Waals surface area contributed by atoms with Crippen LogP contribution in [-0.4, -0.2) is 35.3 Å². The van der Waals surface area contributed by atoms with Gasteiger partial charge in [0.05, 0.1) is 6.04 Å². The van der Waals surface area contributed by atoms with Crippen LogP contribution in [-0.2, 0) is 4.74 Å². The largest absolute Gasteiger partial charge is 0.447 e. The SMILES string of the molecule is Nc1nc2c(c(=O)[nH]1)N1C(=O)OC[C@H]1CN2.